The number of hydrogen-bond acceptors (Lipinski definition) is 4. The minimum absolute atomic E-state index is 0.227. The second-order valence-electron chi connectivity index (χ2n) is 6.38. The van der Waals surface area contributed by atoms with Gasteiger partial charge < -0.3 is 9.52 Å². The van der Waals surface area contributed by atoms with Crippen LogP contribution < -0.4 is 0 Å². The molecule has 112 valence electrons. The zero-order chi connectivity index (χ0) is 14.9. The molecule has 1 aliphatic rings. The van der Waals surface area contributed by atoms with Crippen LogP contribution in [0.1, 0.15) is 38.9 Å². The van der Waals surface area contributed by atoms with E-state index >= 15 is 0 Å². The van der Waals surface area contributed by atoms with E-state index in [0.29, 0.717) is 6.54 Å². The number of nitrogens with zero attached hydrogens (tertiary/aromatic N) is 3. The molecular formula is C16H21N3O2. The Morgan fingerprint density at radius 3 is 3.00 bits per heavy atom. The molecule has 3 rings (SSSR count). The largest absolute Gasteiger partial charge is 0.465 e. The predicted molar refractivity (Wildman–Crippen MR) is 79.3 cm³/mol. The van der Waals surface area contributed by atoms with Crippen LogP contribution in [0, 0.1) is 5.41 Å². The molecule has 0 radical (unpaired) electrons. The molecule has 2 aromatic rings. The lowest BCUT2D eigenvalue weighted by Gasteiger charge is -2.48. The third-order valence-electron chi connectivity index (χ3n) is 4.62. The summed E-state index contributed by atoms with van der Waals surface area (Å²) >= 11 is 0. The van der Waals surface area contributed by atoms with Gasteiger partial charge in [0.2, 0.25) is 0 Å². The van der Waals surface area contributed by atoms with Gasteiger partial charge in [-0.15, -0.1) is 0 Å². The molecule has 1 fully saturated rings. The molecule has 5 heteroatoms. The van der Waals surface area contributed by atoms with Crippen LogP contribution in [-0.2, 0) is 6.54 Å². The highest BCUT2D eigenvalue weighted by molar-refractivity contribution is 5.51. The average molecular weight is 287 g/mol. The Kier molecular flexibility index (Phi) is 3.45. The highest BCUT2D eigenvalue weighted by Crippen LogP contribution is 2.48. The maximum atomic E-state index is 11.4. The first-order valence-electron chi connectivity index (χ1n) is 7.31. The first-order valence-corrected chi connectivity index (χ1v) is 7.31. The van der Waals surface area contributed by atoms with Gasteiger partial charge in [-0.3, -0.25) is 0 Å². The third kappa shape index (κ3) is 2.53. The molecule has 21 heavy (non-hydrogen) atoms. The van der Waals surface area contributed by atoms with Crippen LogP contribution in [0.5, 0.6) is 0 Å². The SMILES string of the molecule is CC1(C)CCC/C(=C\c2ccco2)C1(O)Cn1cncn1. The zero-order valence-corrected chi connectivity index (χ0v) is 12.5. The van der Waals surface area contributed by atoms with Gasteiger partial charge in [0.05, 0.1) is 12.8 Å². The maximum Gasteiger partial charge on any atom is 0.137 e. The summed E-state index contributed by atoms with van der Waals surface area (Å²) in [6.45, 7) is 4.63. The zero-order valence-electron chi connectivity index (χ0n) is 12.5. The van der Waals surface area contributed by atoms with Crippen molar-refractivity contribution >= 4 is 6.08 Å². The minimum Gasteiger partial charge on any atom is -0.465 e. The second-order valence-corrected chi connectivity index (χ2v) is 6.38. The highest BCUT2D eigenvalue weighted by Gasteiger charge is 2.48. The molecule has 2 aromatic heterocycles. The Morgan fingerprint density at radius 1 is 1.48 bits per heavy atom. The normalized spacial score (nSPS) is 27.1. The van der Waals surface area contributed by atoms with Crippen molar-refractivity contribution in [3.8, 4) is 0 Å². The molecular weight excluding hydrogens is 266 g/mol. The monoisotopic (exact) mass is 287 g/mol. The van der Waals surface area contributed by atoms with E-state index in [1.807, 2.05) is 18.2 Å². The fourth-order valence-electron chi connectivity index (χ4n) is 3.17. The van der Waals surface area contributed by atoms with Gasteiger partial charge in [0.15, 0.2) is 0 Å². The molecule has 1 aliphatic carbocycles. The lowest BCUT2D eigenvalue weighted by molar-refractivity contribution is -0.0692. The number of aromatic nitrogens is 3. The maximum absolute atomic E-state index is 11.4. The van der Waals surface area contributed by atoms with Crippen LogP contribution in [0.2, 0.25) is 0 Å². The minimum atomic E-state index is -0.953. The fraction of sp³-hybridized carbons (Fsp3) is 0.500. The van der Waals surface area contributed by atoms with Gasteiger partial charge in [0, 0.05) is 0 Å². The molecule has 1 unspecified atom stereocenters. The van der Waals surface area contributed by atoms with Crippen LogP contribution in [0.4, 0.5) is 0 Å². The molecule has 5 nitrogen and oxygen atoms in total. The van der Waals surface area contributed by atoms with Gasteiger partial charge in [-0.2, -0.15) is 5.10 Å². The molecule has 2 heterocycles. The van der Waals surface area contributed by atoms with Crippen molar-refractivity contribution in [2.45, 2.75) is 45.3 Å². The quantitative estimate of drug-likeness (QED) is 0.942. The Bertz CT molecular complexity index is 614. The second kappa shape index (κ2) is 5.15. The van der Waals surface area contributed by atoms with Crippen molar-refractivity contribution in [1.29, 1.82) is 0 Å². The van der Waals surface area contributed by atoms with Gasteiger partial charge in [-0.05, 0) is 48.5 Å². The van der Waals surface area contributed by atoms with E-state index in [9.17, 15) is 5.11 Å². The Hall–Kier alpha value is -1.88. The van der Waals surface area contributed by atoms with E-state index < -0.39 is 5.60 Å². The molecule has 0 aromatic carbocycles. The molecule has 0 aliphatic heterocycles. The predicted octanol–water partition coefficient (Wildman–Crippen LogP) is 2.90. The lowest BCUT2D eigenvalue weighted by Crippen LogP contribution is -2.52. The van der Waals surface area contributed by atoms with Crippen LogP contribution in [0.15, 0.2) is 41.0 Å². The molecule has 0 spiro atoms. The molecule has 0 saturated heterocycles. The van der Waals surface area contributed by atoms with E-state index in [1.165, 1.54) is 6.33 Å². The standard InChI is InChI=1S/C16H21N3O2/c1-15(2)7-3-5-13(9-14-6-4-8-21-14)16(15,20)10-19-12-17-11-18-19/h4,6,8-9,11-12,20H,3,5,7,10H2,1-2H3/b13-9+. The lowest BCUT2D eigenvalue weighted by atomic mass is 9.62. The number of hydrogen-bond donors (Lipinski definition) is 1. The number of rotatable bonds is 3. The third-order valence-corrected chi connectivity index (χ3v) is 4.62. The van der Waals surface area contributed by atoms with E-state index in [4.69, 9.17) is 4.42 Å². The average Bonchev–Trinajstić information content (AvgIpc) is 3.08. The summed E-state index contributed by atoms with van der Waals surface area (Å²) in [6.07, 6.45) is 9.68. The van der Waals surface area contributed by atoms with Crippen LogP contribution >= 0.6 is 0 Å². The summed E-state index contributed by atoms with van der Waals surface area (Å²) in [5, 5.41) is 15.6. The van der Waals surface area contributed by atoms with Gasteiger partial charge in [-0.1, -0.05) is 13.8 Å². The first kappa shape index (κ1) is 14.1. The van der Waals surface area contributed by atoms with Crippen LogP contribution in [-0.4, -0.2) is 25.5 Å². The number of furan rings is 1. The summed E-state index contributed by atoms with van der Waals surface area (Å²) < 4.78 is 7.11. The summed E-state index contributed by atoms with van der Waals surface area (Å²) in [5.41, 5.74) is -0.175. The van der Waals surface area contributed by atoms with Crippen molar-refractivity contribution in [3.63, 3.8) is 0 Å². The number of aliphatic hydroxyl groups is 1. The van der Waals surface area contributed by atoms with Crippen molar-refractivity contribution in [2.75, 3.05) is 0 Å². The van der Waals surface area contributed by atoms with E-state index in [1.54, 1.807) is 17.3 Å². The van der Waals surface area contributed by atoms with E-state index in [2.05, 4.69) is 23.9 Å². The topological polar surface area (TPSA) is 64.1 Å². The summed E-state index contributed by atoms with van der Waals surface area (Å²) in [7, 11) is 0. The summed E-state index contributed by atoms with van der Waals surface area (Å²) in [5.74, 6) is 0.778. The highest BCUT2D eigenvalue weighted by atomic mass is 16.3. The molecule has 0 bridgehead atoms. The van der Waals surface area contributed by atoms with Crippen molar-refractivity contribution in [2.24, 2.45) is 5.41 Å². The van der Waals surface area contributed by atoms with Gasteiger partial charge in [0.25, 0.3) is 0 Å². The van der Waals surface area contributed by atoms with E-state index in [-0.39, 0.29) is 5.41 Å². The van der Waals surface area contributed by atoms with Gasteiger partial charge in [0.1, 0.15) is 24.0 Å². The smallest absolute Gasteiger partial charge is 0.137 e. The molecule has 1 saturated carbocycles. The Morgan fingerprint density at radius 2 is 2.33 bits per heavy atom. The van der Waals surface area contributed by atoms with Crippen molar-refractivity contribution in [3.05, 3.63) is 42.4 Å². The molecule has 1 N–H and O–H groups in total. The molecule has 0 amide bonds. The van der Waals surface area contributed by atoms with E-state index in [0.717, 1.165) is 30.6 Å². The van der Waals surface area contributed by atoms with Gasteiger partial charge >= 0.3 is 0 Å². The fourth-order valence-corrected chi connectivity index (χ4v) is 3.17. The summed E-state index contributed by atoms with van der Waals surface area (Å²) in [4.78, 5) is 3.97. The first-order chi connectivity index (χ1) is 10.0. The molecule has 1 atom stereocenters. The van der Waals surface area contributed by atoms with Crippen LogP contribution in [0.25, 0.3) is 6.08 Å². The van der Waals surface area contributed by atoms with Crippen LogP contribution in [0.3, 0.4) is 0 Å². The van der Waals surface area contributed by atoms with Crippen molar-refractivity contribution in [1.82, 2.24) is 14.8 Å². The Labute approximate surface area is 124 Å². The summed E-state index contributed by atoms with van der Waals surface area (Å²) in [6, 6.07) is 3.77. The van der Waals surface area contributed by atoms with Crippen molar-refractivity contribution < 1.29 is 9.52 Å². The van der Waals surface area contributed by atoms with Gasteiger partial charge in [-0.25, -0.2) is 9.67 Å². The Balaban J connectivity index is 2.00.